The topological polar surface area (TPSA) is 46.9 Å². The van der Waals surface area contributed by atoms with Gasteiger partial charge in [-0.3, -0.25) is 9.48 Å². The standard InChI is InChI=1S/C13H14BrN3O/c1-3-9-4-6-10(7-5-9)15-13(18)12-11(14)8-17(2)16-12/h4-8H,3H2,1-2H3,(H,15,18). The zero-order chi connectivity index (χ0) is 13.1. The third-order valence-electron chi connectivity index (χ3n) is 2.62. The lowest BCUT2D eigenvalue weighted by atomic mass is 10.1. The van der Waals surface area contributed by atoms with E-state index < -0.39 is 0 Å². The summed E-state index contributed by atoms with van der Waals surface area (Å²) in [5.74, 6) is -0.216. The Labute approximate surface area is 114 Å². The second-order valence-corrected chi connectivity index (χ2v) is 4.86. The van der Waals surface area contributed by atoms with E-state index in [1.165, 1.54) is 5.56 Å². The molecule has 1 aromatic carbocycles. The third-order valence-corrected chi connectivity index (χ3v) is 3.20. The number of hydrogen-bond donors (Lipinski definition) is 1. The number of carbonyl (C=O) groups is 1. The Morgan fingerprint density at radius 2 is 2.06 bits per heavy atom. The lowest BCUT2D eigenvalue weighted by molar-refractivity contribution is 0.102. The maximum Gasteiger partial charge on any atom is 0.277 e. The van der Waals surface area contributed by atoms with E-state index in [9.17, 15) is 4.79 Å². The summed E-state index contributed by atoms with van der Waals surface area (Å²) in [5.41, 5.74) is 2.40. The molecule has 0 aliphatic heterocycles. The fraction of sp³-hybridized carbons (Fsp3) is 0.231. The average molecular weight is 308 g/mol. The molecule has 0 fully saturated rings. The molecule has 0 spiro atoms. The Morgan fingerprint density at radius 3 is 2.56 bits per heavy atom. The molecule has 0 aliphatic rings. The maximum absolute atomic E-state index is 12.0. The van der Waals surface area contributed by atoms with Crippen molar-refractivity contribution in [1.82, 2.24) is 9.78 Å². The van der Waals surface area contributed by atoms with Crippen LogP contribution in [-0.2, 0) is 13.5 Å². The van der Waals surface area contributed by atoms with Gasteiger partial charge in [0.25, 0.3) is 5.91 Å². The summed E-state index contributed by atoms with van der Waals surface area (Å²) < 4.78 is 2.28. The van der Waals surface area contributed by atoms with Crippen molar-refractivity contribution in [3.8, 4) is 0 Å². The van der Waals surface area contributed by atoms with Crippen LogP contribution in [0.15, 0.2) is 34.9 Å². The van der Waals surface area contributed by atoms with Crippen LogP contribution in [0, 0.1) is 0 Å². The molecule has 1 amide bonds. The lowest BCUT2D eigenvalue weighted by Gasteiger charge is -2.04. The quantitative estimate of drug-likeness (QED) is 0.947. The molecule has 18 heavy (non-hydrogen) atoms. The monoisotopic (exact) mass is 307 g/mol. The summed E-state index contributed by atoms with van der Waals surface area (Å²) in [6, 6.07) is 7.80. The molecule has 0 radical (unpaired) electrons. The number of amides is 1. The van der Waals surface area contributed by atoms with Gasteiger partial charge in [0.05, 0.1) is 4.47 Å². The van der Waals surface area contributed by atoms with Crippen LogP contribution < -0.4 is 5.32 Å². The Bertz CT molecular complexity index is 560. The van der Waals surface area contributed by atoms with Crippen LogP contribution in [0.4, 0.5) is 5.69 Å². The third kappa shape index (κ3) is 2.79. The number of nitrogens with zero attached hydrogens (tertiary/aromatic N) is 2. The van der Waals surface area contributed by atoms with E-state index in [2.05, 4.69) is 33.3 Å². The zero-order valence-corrected chi connectivity index (χ0v) is 11.9. The highest BCUT2D eigenvalue weighted by molar-refractivity contribution is 9.10. The summed E-state index contributed by atoms with van der Waals surface area (Å²) in [5, 5.41) is 6.92. The van der Waals surface area contributed by atoms with Gasteiger partial charge >= 0.3 is 0 Å². The zero-order valence-electron chi connectivity index (χ0n) is 10.3. The van der Waals surface area contributed by atoms with Gasteiger partial charge in [-0.2, -0.15) is 5.10 Å². The largest absolute Gasteiger partial charge is 0.321 e. The lowest BCUT2D eigenvalue weighted by Crippen LogP contribution is -2.13. The van der Waals surface area contributed by atoms with Gasteiger partial charge in [0.2, 0.25) is 0 Å². The maximum atomic E-state index is 12.0. The summed E-state index contributed by atoms with van der Waals surface area (Å²) in [6.07, 6.45) is 2.73. The van der Waals surface area contributed by atoms with Crippen LogP contribution in [0.25, 0.3) is 0 Å². The van der Waals surface area contributed by atoms with E-state index in [0.29, 0.717) is 10.2 Å². The minimum atomic E-state index is -0.216. The molecule has 0 saturated heterocycles. The fourth-order valence-corrected chi connectivity index (χ4v) is 2.18. The second-order valence-electron chi connectivity index (χ2n) is 4.00. The van der Waals surface area contributed by atoms with Gasteiger partial charge in [0, 0.05) is 18.9 Å². The fourth-order valence-electron chi connectivity index (χ4n) is 1.63. The molecule has 2 rings (SSSR count). The van der Waals surface area contributed by atoms with Crippen molar-refractivity contribution in [2.45, 2.75) is 13.3 Å². The SMILES string of the molecule is CCc1ccc(NC(=O)c2nn(C)cc2Br)cc1. The van der Waals surface area contributed by atoms with Crippen LogP contribution in [0.3, 0.4) is 0 Å². The van der Waals surface area contributed by atoms with Gasteiger partial charge in [0.1, 0.15) is 0 Å². The minimum absolute atomic E-state index is 0.216. The smallest absolute Gasteiger partial charge is 0.277 e. The molecule has 2 aromatic rings. The van der Waals surface area contributed by atoms with E-state index in [1.807, 2.05) is 24.3 Å². The highest BCUT2D eigenvalue weighted by Crippen LogP contribution is 2.17. The highest BCUT2D eigenvalue weighted by atomic mass is 79.9. The number of halogens is 1. The van der Waals surface area contributed by atoms with Crippen LogP contribution in [-0.4, -0.2) is 15.7 Å². The van der Waals surface area contributed by atoms with E-state index in [4.69, 9.17) is 0 Å². The first kappa shape index (κ1) is 12.8. The number of rotatable bonds is 3. The number of carbonyl (C=O) groups excluding carboxylic acids is 1. The van der Waals surface area contributed by atoms with Gasteiger partial charge in [-0.05, 0) is 40.0 Å². The molecule has 1 aromatic heterocycles. The Hall–Kier alpha value is -1.62. The van der Waals surface area contributed by atoms with Gasteiger partial charge < -0.3 is 5.32 Å². The van der Waals surface area contributed by atoms with E-state index in [0.717, 1.165) is 12.1 Å². The number of aryl methyl sites for hydroxylation is 2. The number of nitrogens with one attached hydrogen (secondary N) is 1. The van der Waals surface area contributed by atoms with Gasteiger partial charge in [0.15, 0.2) is 5.69 Å². The first-order chi connectivity index (χ1) is 8.60. The van der Waals surface area contributed by atoms with Crippen molar-refractivity contribution in [1.29, 1.82) is 0 Å². The Morgan fingerprint density at radius 1 is 1.39 bits per heavy atom. The molecule has 4 nitrogen and oxygen atoms in total. The van der Waals surface area contributed by atoms with Crippen molar-refractivity contribution in [2.24, 2.45) is 7.05 Å². The summed E-state index contributed by atoms with van der Waals surface area (Å²) >= 11 is 3.31. The van der Waals surface area contributed by atoms with E-state index >= 15 is 0 Å². The highest BCUT2D eigenvalue weighted by Gasteiger charge is 2.14. The van der Waals surface area contributed by atoms with Crippen molar-refractivity contribution >= 4 is 27.5 Å². The molecule has 0 bridgehead atoms. The molecule has 5 heteroatoms. The first-order valence-electron chi connectivity index (χ1n) is 5.69. The molecule has 0 aliphatic carbocycles. The van der Waals surface area contributed by atoms with Crippen molar-refractivity contribution in [2.75, 3.05) is 5.32 Å². The van der Waals surface area contributed by atoms with E-state index in [1.54, 1.807) is 17.9 Å². The molecule has 94 valence electrons. The number of benzene rings is 1. The molecule has 1 heterocycles. The second kappa shape index (κ2) is 5.35. The summed E-state index contributed by atoms with van der Waals surface area (Å²) in [7, 11) is 1.78. The molecule has 0 saturated carbocycles. The van der Waals surface area contributed by atoms with Gasteiger partial charge in [-0.1, -0.05) is 19.1 Å². The Kier molecular flexibility index (Phi) is 3.81. The minimum Gasteiger partial charge on any atom is -0.321 e. The molecule has 0 atom stereocenters. The van der Waals surface area contributed by atoms with Crippen LogP contribution in [0.5, 0.6) is 0 Å². The molecular weight excluding hydrogens is 294 g/mol. The normalized spacial score (nSPS) is 10.4. The number of anilines is 1. The van der Waals surface area contributed by atoms with Crippen molar-refractivity contribution in [3.05, 3.63) is 46.2 Å². The van der Waals surface area contributed by atoms with Gasteiger partial charge in [-0.15, -0.1) is 0 Å². The van der Waals surface area contributed by atoms with Crippen LogP contribution in [0.2, 0.25) is 0 Å². The van der Waals surface area contributed by atoms with Crippen LogP contribution >= 0.6 is 15.9 Å². The first-order valence-corrected chi connectivity index (χ1v) is 6.49. The molecule has 1 N–H and O–H groups in total. The summed E-state index contributed by atoms with van der Waals surface area (Å²) in [4.78, 5) is 12.0. The Balaban J connectivity index is 2.13. The van der Waals surface area contributed by atoms with Gasteiger partial charge in [-0.25, -0.2) is 0 Å². The number of aromatic nitrogens is 2. The predicted molar refractivity (Wildman–Crippen MR) is 74.7 cm³/mol. The average Bonchev–Trinajstić information content (AvgIpc) is 2.69. The summed E-state index contributed by atoms with van der Waals surface area (Å²) in [6.45, 7) is 2.10. The number of hydrogen-bond acceptors (Lipinski definition) is 2. The molecular formula is C13H14BrN3O. The van der Waals surface area contributed by atoms with Crippen LogP contribution in [0.1, 0.15) is 23.0 Å². The van der Waals surface area contributed by atoms with Crippen molar-refractivity contribution < 1.29 is 4.79 Å². The van der Waals surface area contributed by atoms with E-state index in [-0.39, 0.29) is 5.91 Å². The predicted octanol–water partition coefficient (Wildman–Crippen LogP) is 3.00. The van der Waals surface area contributed by atoms with Crippen molar-refractivity contribution in [3.63, 3.8) is 0 Å². The molecule has 0 unspecified atom stereocenters.